The third-order valence-corrected chi connectivity index (χ3v) is 3.55. The molecule has 0 bridgehead atoms. The molecule has 0 radical (unpaired) electrons. The number of nitriles is 1. The first-order valence-electron chi connectivity index (χ1n) is 6.76. The van der Waals surface area contributed by atoms with Gasteiger partial charge in [0, 0.05) is 19.1 Å². The van der Waals surface area contributed by atoms with E-state index in [-0.39, 0.29) is 0 Å². The first-order chi connectivity index (χ1) is 8.81. The highest BCUT2D eigenvalue weighted by Gasteiger charge is 2.17. The predicted octanol–water partition coefficient (Wildman–Crippen LogP) is 2.13. The van der Waals surface area contributed by atoms with Gasteiger partial charge in [-0.1, -0.05) is 19.1 Å². The second kappa shape index (κ2) is 6.53. The average Bonchev–Trinajstić information content (AvgIpc) is 2.91. The third-order valence-electron chi connectivity index (χ3n) is 3.55. The normalized spacial score (nSPS) is 19.1. The average molecular weight is 243 g/mol. The van der Waals surface area contributed by atoms with Gasteiger partial charge in [-0.3, -0.25) is 4.90 Å². The lowest BCUT2D eigenvalue weighted by Gasteiger charge is -2.24. The van der Waals surface area contributed by atoms with E-state index in [4.69, 9.17) is 5.26 Å². The van der Waals surface area contributed by atoms with Gasteiger partial charge in [0.2, 0.25) is 0 Å². The van der Waals surface area contributed by atoms with Gasteiger partial charge in [-0.15, -0.1) is 0 Å². The van der Waals surface area contributed by atoms with Crippen molar-refractivity contribution in [2.75, 3.05) is 19.6 Å². The topological polar surface area (TPSA) is 39.1 Å². The molecule has 1 atom stereocenters. The summed E-state index contributed by atoms with van der Waals surface area (Å²) in [6, 6.07) is 10.8. The van der Waals surface area contributed by atoms with E-state index in [9.17, 15) is 0 Å². The highest BCUT2D eigenvalue weighted by atomic mass is 15.1. The Morgan fingerprint density at radius 2 is 2.39 bits per heavy atom. The first-order valence-corrected chi connectivity index (χ1v) is 6.76. The molecule has 1 aromatic carbocycles. The molecule has 1 heterocycles. The molecule has 1 N–H and O–H groups in total. The SMILES string of the molecule is CCN(Cc1cccc(C#N)c1)CC1CCCN1. The maximum Gasteiger partial charge on any atom is 0.0991 e. The number of nitrogens with zero attached hydrogens (tertiary/aromatic N) is 2. The van der Waals surface area contributed by atoms with Crippen LogP contribution in [-0.2, 0) is 6.54 Å². The minimum absolute atomic E-state index is 0.643. The number of likely N-dealkylation sites (N-methyl/N-ethyl adjacent to an activating group) is 1. The molecule has 0 aromatic heterocycles. The minimum Gasteiger partial charge on any atom is -0.313 e. The Bertz CT molecular complexity index is 416. The van der Waals surface area contributed by atoms with E-state index in [1.54, 1.807) is 0 Å². The lowest BCUT2D eigenvalue weighted by atomic mass is 10.1. The summed E-state index contributed by atoms with van der Waals surface area (Å²) in [5, 5.41) is 12.4. The van der Waals surface area contributed by atoms with Gasteiger partial charge in [0.15, 0.2) is 0 Å². The largest absolute Gasteiger partial charge is 0.313 e. The summed E-state index contributed by atoms with van der Waals surface area (Å²) < 4.78 is 0. The summed E-state index contributed by atoms with van der Waals surface area (Å²) in [6.45, 7) is 6.45. The molecule has 1 unspecified atom stereocenters. The number of nitrogens with one attached hydrogen (secondary N) is 1. The molecule has 0 spiro atoms. The highest BCUT2D eigenvalue weighted by molar-refractivity contribution is 5.32. The molecule has 3 nitrogen and oxygen atoms in total. The Balaban J connectivity index is 1.94. The van der Waals surface area contributed by atoms with Gasteiger partial charge >= 0.3 is 0 Å². The molecule has 1 aromatic rings. The predicted molar refractivity (Wildman–Crippen MR) is 73.1 cm³/mol. The molecule has 0 amide bonds. The molecule has 0 saturated carbocycles. The van der Waals surface area contributed by atoms with Gasteiger partial charge in [-0.2, -0.15) is 5.26 Å². The maximum atomic E-state index is 8.91. The van der Waals surface area contributed by atoms with Crippen LogP contribution in [0.3, 0.4) is 0 Å². The molecule has 18 heavy (non-hydrogen) atoms. The zero-order valence-electron chi connectivity index (χ0n) is 11.0. The van der Waals surface area contributed by atoms with Crippen LogP contribution in [0.25, 0.3) is 0 Å². The number of benzene rings is 1. The lowest BCUT2D eigenvalue weighted by Crippen LogP contribution is -2.37. The smallest absolute Gasteiger partial charge is 0.0991 e. The Morgan fingerprint density at radius 1 is 1.50 bits per heavy atom. The van der Waals surface area contributed by atoms with E-state index in [0.717, 1.165) is 31.7 Å². The fourth-order valence-corrected chi connectivity index (χ4v) is 2.53. The van der Waals surface area contributed by atoms with Crippen molar-refractivity contribution in [3.8, 4) is 6.07 Å². The van der Waals surface area contributed by atoms with Crippen LogP contribution in [0.5, 0.6) is 0 Å². The van der Waals surface area contributed by atoms with Gasteiger partial charge in [-0.05, 0) is 43.6 Å². The molecule has 1 fully saturated rings. The summed E-state index contributed by atoms with van der Waals surface area (Å²) in [7, 11) is 0. The van der Waals surface area contributed by atoms with Gasteiger partial charge in [0.05, 0.1) is 11.6 Å². The minimum atomic E-state index is 0.643. The third kappa shape index (κ3) is 3.56. The van der Waals surface area contributed by atoms with Crippen molar-refractivity contribution in [2.24, 2.45) is 0 Å². The number of rotatable bonds is 5. The fraction of sp³-hybridized carbons (Fsp3) is 0.533. The molecule has 3 heteroatoms. The maximum absolute atomic E-state index is 8.91. The molecule has 0 aliphatic carbocycles. The van der Waals surface area contributed by atoms with Crippen LogP contribution in [0.2, 0.25) is 0 Å². The molecule has 1 aliphatic rings. The first kappa shape index (κ1) is 13.1. The van der Waals surface area contributed by atoms with Crippen molar-refractivity contribution in [3.63, 3.8) is 0 Å². The van der Waals surface area contributed by atoms with Crippen LogP contribution in [0.15, 0.2) is 24.3 Å². The van der Waals surface area contributed by atoms with Crippen molar-refractivity contribution >= 4 is 0 Å². The zero-order chi connectivity index (χ0) is 12.8. The van der Waals surface area contributed by atoms with E-state index in [2.05, 4.69) is 29.3 Å². The standard InChI is InChI=1S/C15H21N3/c1-2-18(12-15-7-4-8-17-15)11-14-6-3-5-13(9-14)10-16/h3,5-6,9,15,17H,2,4,7-8,11-12H2,1H3. The summed E-state index contributed by atoms with van der Waals surface area (Å²) in [4.78, 5) is 2.44. The molecular weight excluding hydrogens is 222 g/mol. The van der Waals surface area contributed by atoms with Gasteiger partial charge in [0.1, 0.15) is 0 Å². The number of hydrogen-bond acceptors (Lipinski definition) is 3. The summed E-state index contributed by atoms with van der Waals surface area (Å²) in [6.07, 6.45) is 2.58. The van der Waals surface area contributed by atoms with Crippen LogP contribution in [-0.4, -0.2) is 30.6 Å². The van der Waals surface area contributed by atoms with Crippen LogP contribution in [0.1, 0.15) is 30.9 Å². The summed E-state index contributed by atoms with van der Waals surface area (Å²) in [5.74, 6) is 0. The Morgan fingerprint density at radius 3 is 3.06 bits per heavy atom. The molecule has 1 aliphatic heterocycles. The van der Waals surface area contributed by atoms with E-state index < -0.39 is 0 Å². The molecule has 96 valence electrons. The van der Waals surface area contributed by atoms with Gasteiger partial charge in [-0.25, -0.2) is 0 Å². The van der Waals surface area contributed by atoms with Crippen LogP contribution < -0.4 is 5.32 Å². The summed E-state index contributed by atoms with van der Waals surface area (Å²) in [5.41, 5.74) is 1.98. The van der Waals surface area contributed by atoms with Crippen LogP contribution in [0, 0.1) is 11.3 Å². The Kier molecular flexibility index (Phi) is 4.74. The van der Waals surface area contributed by atoms with Crippen molar-refractivity contribution in [3.05, 3.63) is 35.4 Å². The molecule has 1 saturated heterocycles. The lowest BCUT2D eigenvalue weighted by molar-refractivity contribution is 0.253. The molecular formula is C15H21N3. The quantitative estimate of drug-likeness (QED) is 0.861. The van der Waals surface area contributed by atoms with E-state index >= 15 is 0 Å². The van der Waals surface area contributed by atoms with Crippen molar-refractivity contribution in [1.29, 1.82) is 5.26 Å². The Hall–Kier alpha value is -1.37. The highest BCUT2D eigenvalue weighted by Crippen LogP contribution is 2.11. The summed E-state index contributed by atoms with van der Waals surface area (Å²) >= 11 is 0. The van der Waals surface area contributed by atoms with Gasteiger partial charge < -0.3 is 5.32 Å². The van der Waals surface area contributed by atoms with E-state index in [1.165, 1.54) is 18.4 Å². The fourth-order valence-electron chi connectivity index (χ4n) is 2.53. The number of hydrogen-bond donors (Lipinski definition) is 1. The van der Waals surface area contributed by atoms with Gasteiger partial charge in [0.25, 0.3) is 0 Å². The second-order valence-electron chi connectivity index (χ2n) is 4.93. The van der Waals surface area contributed by atoms with Crippen molar-refractivity contribution < 1.29 is 0 Å². The van der Waals surface area contributed by atoms with E-state index in [1.807, 2.05) is 18.2 Å². The van der Waals surface area contributed by atoms with E-state index in [0.29, 0.717) is 6.04 Å². The molecule has 2 rings (SSSR count). The second-order valence-corrected chi connectivity index (χ2v) is 4.93. The van der Waals surface area contributed by atoms with Crippen molar-refractivity contribution in [1.82, 2.24) is 10.2 Å². The zero-order valence-corrected chi connectivity index (χ0v) is 11.0. The monoisotopic (exact) mass is 243 g/mol. The van der Waals surface area contributed by atoms with Crippen LogP contribution in [0.4, 0.5) is 0 Å². The van der Waals surface area contributed by atoms with Crippen LogP contribution >= 0.6 is 0 Å². The Labute approximate surface area is 109 Å². The van der Waals surface area contributed by atoms with Crippen molar-refractivity contribution in [2.45, 2.75) is 32.4 Å².